The quantitative estimate of drug-likeness (QED) is 0.665. The molecule has 0 radical (unpaired) electrons. The molecule has 0 unspecified atom stereocenters. The van der Waals surface area contributed by atoms with Crippen LogP contribution < -0.4 is 0 Å². The number of hydrogen-bond donors (Lipinski definition) is 0. The Bertz CT molecular complexity index is 248. The van der Waals surface area contributed by atoms with Crippen molar-refractivity contribution in [3.8, 4) is 0 Å². The highest BCUT2D eigenvalue weighted by molar-refractivity contribution is 8.14. The molecule has 0 spiro atoms. The highest BCUT2D eigenvalue weighted by atomic mass is 32.2. The highest BCUT2D eigenvalue weighted by Gasteiger charge is 2.32. The van der Waals surface area contributed by atoms with Crippen molar-refractivity contribution in [2.24, 2.45) is 0 Å². The summed E-state index contributed by atoms with van der Waals surface area (Å²) in [4.78, 5) is 23.5. The maximum atomic E-state index is 11.2. The molecule has 1 rings (SSSR count). The number of likely N-dealkylation sites (tertiary alicyclic amines) is 1. The fraction of sp³-hybridized carbons (Fsp3) is 0.556. The Hall–Kier alpha value is -0.970. The van der Waals surface area contributed by atoms with Gasteiger partial charge in [-0.05, 0) is 0 Å². The monoisotopic (exact) mass is 215 g/mol. The summed E-state index contributed by atoms with van der Waals surface area (Å²) >= 11 is 1.28. The number of ether oxygens (including phenoxy) is 1. The normalized spacial score (nSPS) is 15.9. The minimum absolute atomic E-state index is 0.0918. The van der Waals surface area contributed by atoms with Crippen molar-refractivity contribution >= 4 is 23.0 Å². The van der Waals surface area contributed by atoms with Crippen molar-refractivity contribution in [2.75, 3.05) is 19.7 Å². The van der Waals surface area contributed by atoms with E-state index in [1.165, 1.54) is 24.8 Å². The molecule has 0 bridgehead atoms. The molecule has 1 amide bonds. The average molecular weight is 215 g/mol. The summed E-state index contributed by atoms with van der Waals surface area (Å²) < 4.78 is 4.82. The van der Waals surface area contributed by atoms with E-state index < -0.39 is 0 Å². The summed E-state index contributed by atoms with van der Waals surface area (Å²) in [7, 11) is 0. The number of thioether (sulfide) groups is 1. The zero-order valence-electron chi connectivity index (χ0n) is 8.06. The smallest absolute Gasteiger partial charge is 0.410 e. The molecule has 78 valence electrons. The minimum atomic E-state index is -0.328. The molecular weight excluding hydrogens is 202 g/mol. The Labute approximate surface area is 87.3 Å². The molecule has 4 nitrogen and oxygen atoms in total. The van der Waals surface area contributed by atoms with Crippen LogP contribution in [0.5, 0.6) is 0 Å². The predicted molar refractivity (Wildman–Crippen MR) is 55.2 cm³/mol. The van der Waals surface area contributed by atoms with Crippen LogP contribution in [0.4, 0.5) is 4.79 Å². The first-order valence-electron chi connectivity index (χ1n) is 4.33. The Morgan fingerprint density at radius 2 is 2.29 bits per heavy atom. The molecule has 0 aromatic carbocycles. The van der Waals surface area contributed by atoms with Gasteiger partial charge in [0.1, 0.15) is 6.61 Å². The maximum absolute atomic E-state index is 11.2. The predicted octanol–water partition coefficient (Wildman–Crippen LogP) is 1.27. The number of nitrogens with zero attached hydrogens (tertiary/aromatic N) is 1. The van der Waals surface area contributed by atoms with Crippen LogP contribution in [0, 0.1) is 0 Å². The Morgan fingerprint density at radius 3 is 2.79 bits per heavy atom. The van der Waals surface area contributed by atoms with Crippen LogP contribution >= 0.6 is 11.8 Å². The molecule has 14 heavy (non-hydrogen) atoms. The maximum Gasteiger partial charge on any atom is 0.410 e. The van der Waals surface area contributed by atoms with Crippen molar-refractivity contribution in [1.29, 1.82) is 0 Å². The Balaban J connectivity index is 2.17. The molecule has 0 N–H and O–H groups in total. The zero-order valence-corrected chi connectivity index (χ0v) is 8.88. The van der Waals surface area contributed by atoms with Crippen molar-refractivity contribution in [3.05, 3.63) is 12.7 Å². The van der Waals surface area contributed by atoms with Gasteiger partial charge in [0.05, 0.1) is 0 Å². The molecular formula is C9H13NO3S. The lowest BCUT2D eigenvalue weighted by Gasteiger charge is -2.36. The van der Waals surface area contributed by atoms with E-state index in [4.69, 9.17) is 4.74 Å². The second kappa shape index (κ2) is 5.05. The molecule has 1 aliphatic heterocycles. The number of carbonyl (C=O) groups is 2. The molecule has 0 aromatic rings. The minimum Gasteiger partial charge on any atom is -0.445 e. The van der Waals surface area contributed by atoms with Gasteiger partial charge in [-0.25, -0.2) is 4.79 Å². The van der Waals surface area contributed by atoms with Gasteiger partial charge in [-0.3, -0.25) is 4.79 Å². The first-order chi connectivity index (χ1) is 6.63. The Morgan fingerprint density at radius 1 is 1.64 bits per heavy atom. The molecule has 1 heterocycles. The lowest BCUT2D eigenvalue weighted by molar-refractivity contribution is -0.109. The number of carbonyl (C=O) groups excluding carboxylic acids is 2. The summed E-state index contributed by atoms with van der Waals surface area (Å²) in [5, 5.41) is 0.331. The van der Waals surface area contributed by atoms with E-state index in [0.717, 1.165) is 0 Å². The number of rotatable bonds is 3. The summed E-state index contributed by atoms with van der Waals surface area (Å²) in [6.07, 6.45) is 1.20. The van der Waals surface area contributed by atoms with E-state index in [9.17, 15) is 9.59 Å². The SMILES string of the molecule is C=CCOC(=O)N1CC(SC(C)=O)C1. The standard InChI is InChI=1S/C9H13NO3S/c1-3-4-13-9(12)10-5-8(6-10)14-7(2)11/h3,8H,1,4-6H2,2H3. The molecule has 1 fully saturated rings. The summed E-state index contributed by atoms with van der Waals surface area (Å²) in [6, 6.07) is 0. The third-order valence-electron chi connectivity index (χ3n) is 1.76. The van der Waals surface area contributed by atoms with Crippen LogP contribution in [-0.2, 0) is 9.53 Å². The van der Waals surface area contributed by atoms with Gasteiger partial charge in [-0.1, -0.05) is 24.4 Å². The number of amides is 1. The van der Waals surface area contributed by atoms with Crippen molar-refractivity contribution in [3.63, 3.8) is 0 Å². The molecule has 0 atom stereocenters. The summed E-state index contributed by atoms with van der Waals surface area (Å²) in [5.74, 6) is 0. The van der Waals surface area contributed by atoms with Gasteiger partial charge in [-0.15, -0.1) is 0 Å². The van der Waals surface area contributed by atoms with E-state index in [1.807, 2.05) is 0 Å². The molecule has 0 saturated carbocycles. The van der Waals surface area contributed by atoms with Crippen molar-refractivity contribution < 1.29 is 14.3 Å². The molecule has 1 saturated heterocycles. The van der Waals surface area contributed by atoms with Gasteiger partial charge < -0.3 is 9.64 Å². The van der Waals surface area contributed by atoms with E-state index in [2.05, 4.69) is 6.58 Å². The third kappa shape index (κ3) is 3.06. The summed E-state index contributed by atoms with van der Waals surface area (Å²) in [5.41, 5.74) is 0. The van der Waals surface area contributed by atoms with Gasteiger partial charge in [-0.2, -0.15) is 0 Å². The van der Waals surface area contributed by atoms with Crippen molar-refractivity contribution in [2.45, 2.75) is 12.2 Å². The van der Waals surface area contributed by atoms with Crippen LogP contribution in [-0.4, -0.2) is 41.1 Å². The van der Waals surface area contributed by atoms with Gasteiger partial charge >= 0.3 is 6.09 Å². The molecule has 0 aromatic heterocycles. The van der Waals surface area contributed by atoms with E-state index in [-0.39, 0.29) is 23.1 Å². The zero-order chi connectivity index (χ0) is 10.6. The van der Waals surface area contributed by atoms with Crippen LogP contribution in [0.25, 0.3) is 0 Å². The first kappa shape index (κ1) is 11.1. The fourth-order valence-electron chi connectivity index (χ4n) is 1.12. The topological polar surface area (TPSA) is 46.6 Å². The van der Waals surface area contributed by atoms with Crippen molar-refractivity contribution in [1.82, 2.24) is 4.90 Å². The lowest BCUT2D eigenvalue weighted by atomic mass is 10.2. The van der Waals surface area contributed by atoms with Gasteiger partial charge in [0, 0.05) is 25.3 Å². The fourth-order valence-corrected chi connectivity index (χ4v) is 2.10. The van der Waals surface area contributed by atoms with Crippen LogP contribution in [0.15, 0.2) is 12.7 Å². The van der Waals surface area contributed by atoms with E-state index in [0.29, 0.717) is 13.1 Å². The second-order valence-electron chi connectivity index (χ2n) is 3.00. The average Bonchev–Trinajstić information content (AvgIpc) is 2.06. The lowest BCUT2D eigenvalue weighted by Crippen LogP contribution is -2.52. The molecule has 0 aliphatic carbocycles. The number of hydrogen-bond acceptors (Lipinski definition) is 4. The van der Waals surface area contributed by atoms with Gasteiger partial charge in [0.15, 0.2) is 5.12 Å². The molecule has 1 aliphatic rings. The Kier molecular flexibility index (Phi) is 4.00. The largest absolute Gasteiger partial charge is 0.445 e. The van der Waals surface area contributed by atoms with E-state index >= 15 is 0 Å². The second-order valence-corrected chi connectivity index (χ2v) is 4.48. The van der Waals surface area contributed by atoms with Gasteiger partial charge in [0.25, 0.3) is 0 Å². The van der Waals surface area contributed by atoms with Crippen LogP contribution in [0.3, 0.4) is 0 Å². The summed E-state index contributed by atoms with van der Waals surface area (Å²) in [6.45, 7) is 6.41. The van der Waals surface area contributed by atoms with Gasteiger partial charge in [0.2, 0.25) is 0 Å². The van der Waals surface area contributed by atoms with Crippen LogP contribution in [0.1, 0.15) is 6.92 Å². The van der Waals surface area contributed by atoms with E-state index in [1.54, 1.807) is 4.90 Å². The molecule has 5 heteroatoms. The highest BCUT2D eigenvalue weighted by Crippen LogP contribution is 2.23. The first-order valence-corrected chi connectivity index (χ1v) is 5.21. The third-order valence-corrected chi connectivity index (χ3v) is 2.73. The van der Waals surface area contributed by atoms with Crippen LogP contribution in [0.2, 0.25) is 0 Å².